The first-order chi connectivity index (χ1) is 17.1. The van der Waals surface area contributed by atoms with Crippen molar-refractivity contribution in [3.05, 3.63) is 84.6 Å². The Kier molecular flexibility index (Phi) is 4.88. The van der Waals surface area contributed by atoms with E-state index in [1.165, 1.54) is 12.4 Å². The summed E-state index contributed by atoms with van der Waals surface area (Å²) in [5.41, 5.74) is 5.67. The van der Waals surface area contributed by atoms with E-state index in [1.807, 2.05) is 49.5 Å². The van der Waals surface area contributed by atoms with Crippen molar-refractivity contribution in [3.63, 3.8) is 0 Å². The number of hydrogen-bond donors (Lipinski definition) is 4. The maximum absolute atomic E-state index is 12.6. The molecule has 0 bridgehead atoms. The number of aromatic nitrogens is 7. The molecular formula is C25H19N9O. The number of aryl methyl sites for hydroxylation is 1. The summed E-state index contributed by atoms with van der Waals surface area (Å²) in [5, 5.41) is 22.7. The van der Waals surface area contributed by atoms with Crippen molar-refractivity contribution < 1.29 is 4.79 Å². The highest BCUT2D eigenvalue weighted by molar-refractivity contribution is 6.06. The van der Waals surface area contributed by atoms with Crippen molar-refractivity contribution in [1.82, 2.24) is 35.3 Å². The van der Waals surface area contributed by atoms with Crippen molar-refractivity contribution in [2.45, 2.75) is 6.92 Å². The Labute approximate surface area is 198 Å². The number of carbonyl (C=O) groups is 1. The molecule has 0 atom stereocenters. The normalized spacial score (nSPS) is 11.1. The maximum atomic E-state index is 12.6. The number of hydrogen-bond acceptors (Lipinski definition) is 7. The molecule has 6 aromatic rings. The smallest absolute Gasteiger partial charge is 0.272 e. The third-order valence-electron chi connectivity index (χ3n) is 5.78. The average Bonchev–Trinajstić information content (AvgIpc) is 3.54. The minimum atomic E-state index is -0.261. The number of nitrogens with zero attached hydrogens (tertiary/aromatic N) is 5. The van der Waals surface area contributed by atoms with Gasteiger partial charge in [-0.15, -0.1) is 0 Å². The van der Waals surface area contributed by atoms with Gasteiger partial charge in [0.25, 0.3) is 5.91 Å². The summed E-state index contributed by atoms with van der Waals surface area (Å²) >= 11 is 0. The molecule has 0 aliphatic rings. The second-order valence-electron chi connectivity index (χ2n) is 8.03. The van der Waals surface area contributed by atoms with Crippen LogP contribution in [0.25, 0.3) is 33.2 Å². The van der Waals surface area contributed by atoms with Crippen molar-refractivity contribution in [1.29, 1.82) is 0 Å². The quantitative estimate of drug-likeness (QED) is 0.294. The number of nitrogens with one attached hydrogen (secondary N) is 4. The number of anilines is 3. The fourth-order valence-corrected chi connectivity index (χ4v) is 3.95. The lowest BCUT2D eigenvalue weighted by molar-refractivity contribution is 0.102. The molecule has 10 nitrogen and oxygen atoms in total. The van der Waals surface area contributed by atoms with Crippen molar-refractivity contribution in [3.8, 4) is 11.4 Å². The van der Waals surface area contributed by atoms with E-state index in [9.17, 15) is 4.79 Å². The SMILES string of the molecule is Cc1c(Nc2ccnc(-c3ccc4cc(C(=O)Nc5ccnnc5)[nH]c4c3)n2)ccc2[nH]ncc12. The number of fused-ring (bicyclic) bond motifs is 2. The average molecular weight is 461 g/mol. The maximum Gasteiger partial charge on any atom is 0.272 e. The molecule has 0 saturated heterocycles. The number of carbonyl (C=O) groups excluding carboxylic acids is 1. The van der Waals surface area contributed by atoms with Crippen LogP contribution in [0.4, 0.5) is 17.2 Å². The summed E-state index contributed by atoms with van der Waals surface area (Å²) in [6.07, 6.45) is 6.55. The largest absolute Gasteiger partial charge is 0.350 e. The van der Waals surface area contributed by atoms with E-state index in [4.69, 9.17) is 4.98 Å². The Bertz CT molecular complexity index is 1690. The Morgan fingerprint density at radius 3 is 2.77 bits per heavy atom. The minimum absolute atomic E-state index is 0.261. The molecule has 0 spiro atoms. The fourth-order valence-electron chi connectivity index (χ4n) is 3.95. The summed E-state index contributed by atoms with van der Waals surface area (Å²) in [5.74, 6) is 0.990. The zero-order valence-corrected chi connectivity index (χ0v) is 18.6. The molecule has 0 saturated carbocycles. The highest BCUT2D eigenvalue weighted by Gasteiger charge is 2.12. The van der Waals surface area contributed by atoms with E-state index in [-0.39, 0.29) is 5.91 Å². The second-order valence-corrected chi connectivity index (χ2v) is 8.03. The van der Waals surface area contributed by atoms with Crippen LogP contribution in [0.15, 0.2) is 73.3 Å². The zero-order chi connectivity index (χ0) is 23.8. The summed E-state index contributed by atoms with van der Waals surface area (Å²) in [6, 6.07) is 15.1. The molecule has 0 unspecified atom stereocenters. The molecule has 4 N–H and O–H groups in total. The number of rotatable bonds is 5. The first-order valence-electron chi connectivity index (χ1n) is 10.9. The molecule has 0 aliphatic carbocycles. The van der Waals surface area contributed by atoms with Crippen LogP contribution < -0.4 is 10.6 Å². The van der Waals surface area contributed by atoms with Gasteiger partial charge in [-0.3, -0.25) is 9.89 Å². The second kappa shape index (κ2) is 8.34. The van der Waals surface area contributed by atoms with Crippen LogP contribution in [0.3, 0.4) is 0 Å². The number of benzene rings is 2. The van der Waals surface area contributed by atoms with E-state index >= 15 is 0 Å². The lowest BCUT2D eigenvalue weighted by Crippen LogP contribution is -2.12. The summed E-state index contributed by atoms with van der Waals surface area (Å²) in [7, 11) is 0. The Morgan fingerprint density at radius 2 is 1.89 bits per heavy atom. The van der Waals surface area contributed by atoms with Crippen molar-refractivity contribution in [2.75, 3.05) is 10.6 Å². The lowest BCUT2D eigenvalue weighted by Gasteiger charge is -2.10. The minimum Gasteiger partial charge on any atom is -0.350 e. The van der Waals surface area contributed by atoms with Crippen LogP contribution in [0.5, 0.6) is 0 Å². The number of aromatic amines is 2. The van der Waals surface area contributed by atoms with Gasteiger partial charge in [-0.05, 0) is 48.9 Å². The molecule has 6 rings (SSSR count). The monoisotopic (exact) mass is 461 g/mol. The standard InChI is InChI=1S/C25H19N9O/c1-14-18-13-29-34-20(18)5-4-19(14)32-23-7-8-26-24(33-23)16-3-2-15-10-22(31-21(15)11-16)25(35)30-17-6-9-27-28-12-17/h2-13,31H,1H3,(H,29,34)(H,26,32,33)(H,27,30,35). The van der Waals surface area contributed by atoms with Crippen LogP contribution in [0.1, 0.15) is 16.1 Å². The van der Waals surface area contributed by atoms with E-state index in [0.29, 0.717) is 23.0 Å². The Balaban J connectivity index is 1.27. The van der Waals surface area contributed by atoms with Crippen LogP contribution in [-0.4, -0.2) is 41.3 Å². The predicted octanol–water partition coefficient (Wildman–Crippen LogP) is 4.60. The number of amides is 1. The van der Waals surface area contributed by atoms with Crippen LogP contribution in [-0.2, 0) is 0 Å². The predicted molar refractivity (Wildman–Crippen MR) is 133 cm³/mol. The fraction of sp³-hybridized carbons (Fsp3) is 0.0400. The van der Waals surface area contributed by atoms with Gasteiger partial charge in [0, 0.05) is 33.7 Å². The summed E-state index contributed by atoms with van der Waals surface area (Å²) in [6.45, 7) is 2.04. The molecule has 1 amide bonds. The highest BCUT2D eigenvalue weighted by Crippen LogP contribution is 2.28. The molecule has 0 radical (unpaired) electrons. The molecule has 2 aromatic carbocycles. The third kappa shape index (κ3) is 3.93. The Morgan fingerprint density at radius 1 is 0.943 bits per heavy atom. The number of H-pyrrole nitrogens is 2. The first kappa shape index (κ1) is 20.5. The van der Waals surface area contributed by atoms with Crippen molar-refractivity contribution >= 4 is 44.9 Å². The van der Waals surface area contributed by atoms with Crippen LogP contribution >= 0.6 is 0 Å². The lowest BCUT2D eigenvalue weighted by atomic mass is 10.1. The Hall–Kier alpha value is -5.12. The topological polar surface area (TPSA) is 137 Å². The summed E-state index contributed by atoms with van der Waals surface area (Å²) in [4.78, 5) is 24.9. The van der Waals surface area contributed by atoms with Gasteiger partial charge in [0.05, 0.1) is 29.8 Å². The van der Waals surface area contributed by atoms with Gasteiger partial charge in [0.15, 0.2) is 5.82 Å². The van der Waals surface area contributed by atoms with E-state index < -0.39 is 0 Å². The van der Waals surface area contributed by atoms with Gasteiger partial charge in [-0.25, -0.2) is 9.97 Å². The van der Waals surface area contributed by atoms with Crippen LogP contribution in [0.2, 0.25) is 0 Å². The van der Waals surface area contributed by atoms with Gasteiger partial charge in [-0.2, -0.15) is 15.3 Å². The van der Waals surface area contributed by atoms with Crippen molar-refractivity contribution in [2.24, 2.45) is 0 Å². The molecule has 10 heteroatoms. The molecule has 35 heavy (non-hydrogen) atoms. The van der Waals surface area contributed by atoms with E-state index in [1.54, 1.807) is 18.3 Å². The molecule has 4 aromatic heterocycles. The first-order valence-corrected chi connectivity index (χ1v) is 10.9. The van der Waals surface area contributed by atoms with Crippen LogP contribution in [0, 0.1) is 6.92 Å². The zero-order valence-electron chi connectivity index (χ0n) is 18.6. The molecule has 4 heterocycles. The van der Waals surface area contributed by atoms with E-state index in [2.05, 4.69) is 41.0 Å². The summed E-state index contributed by atoms with van der Waals surface area (Å²) < 4.78 is 0. The van der Waals surface area contributed by atoms with Gasteiger partial charge < -0.3 is 15.6 Å². The molecule has 170 valence electrons. The van der Waals surface area contributed by atoms with Gasteiger partial charge in [-0.1, -0.05) is 12.1 Å². The molecule has 0 aliphatic heterocycles. The van der Waals surface area contributed by atoms with Gasteiger partial charge in [0.1, 0.15) is 11.5 Å². The van der Waals surface area contributed by atoms with Gasteiger partial charge in [0.2, 0.25) is 0 Å². The molecule has 0 fully saturated rings. The van der Waals surface area contributed by atoms with E-state index in [0.717, 1.165) is 38.6 Å². The highest BCUT2D eigenvalue weighted by atomic mass is 16.1. The van der Waals surface area contributed by atoms with Gasteiger partial charge >= 0.3 is 0 Å². The third-order valence-corrected chi connectivity index (χ3v) is 5.78. The molecular weight excluding hydrogens is 442 g/mol.